The lowest BCUT2D eigenvalue weighted by Crippen LogP contribution is -2.07. The number of rotatable bonds is 5. The number of aliphatic hydroxyl groups excluding tert-OH is 1. The molecule has 0 bridgehead atoms. The fourth-order valence-corrected chi connectivity index (χ4v) is 2.23. The lowest BCUT2D eigenvalue weighted by Gasteiger charge is -2.13. The molecule has 1 nitrogen and oxygen atoms in total. The van der Waals surface area contributed by atoms with Crippen LogP contribution in [-0.2, 0) is 6.18 Å². The average molecular weight is 264 g/mol. The molecule has 1 unspecified atom stereocenters. The number of hydrogen-bond donors (Lipinski definition) is 1. The highest BCUT2D eigenvalue weighted by Gasteiger charge is 2.30. The molecule has 5 heteroatoms. The smallest absolute Gasteiger partial charge is 0.388 e. The summed E-state index contributed by atoms with van der Waals surface area (Å²) < 4.78 is 37.4. The fourth-order valence-electron chi connectivity index (χ4n) is 1.36. The van der Waals surface area contributed by atoms with E-state index < -0.39 is 17.8 Å². The van der Waals surface area contributed by atoms with E-state index >= 15 is 0 Å². The number of benzene rings is 1. The zero-order chi connectivity index (χ0) is 12.9. The highest BCUT2D eigenvalue weighted by Crippen LogP contribution is 2.31. The SMILES string of the molecule is CCCSCC(O)c1cccc(C(F)(F)F)c1. The van der Waals surface area contributed by atoms with Crippen LogP contribution in [-0.4, -0.2) is 16.6 Å². The maximum Gasteiger partial charge on any atom is 0.416 e. The highest BCUT2D eigenvalue weighted by molar-refractivity contribution is 7.99. The van der Waals surface area contributed by atoms with E-state index in [1.165, 1.54) is 23.9 Å². The second-order valence-electron chi connectivity index (χ2n) is 3.71. The normalized spacial score (nSPS) is 13.7. The summed E-state index contributed by atoms with van der Waals surface area (Å²) in [6, 6.07) is 4.87. The van der Waals surface area contributed by atoms with Gasteiger partial charge in [0.2, 0.25) is 0 Å². The van der Waals surface area contributed by atoms with Crippen molar-refractivity contribution < 1.29 is 18.3 Å². The standard InChI is InChI=1S/C12H15F3OS/c1-2-6-17-8-11(16)9-4-3-5-10(7-9)12(13,14)15/h3-5,7,11,16H,2,6,8H2,1H3. The summed E-state index contributed by atoms with van der Waals surface area (Å²) in [5.74, 6) is 1.32. The number of alkyl halides is 3. The molecule has 1 atom stereocenters. The largest absolute Gasteiger partial charge is 0.416 e. The Labute approximate surface area is 103 Å². The van der Waals surface area contributed by atoms with Crippen LogP contribution < -0.4 is 0 Å². The van der Waals surface area contributed by atoms with Gasteiger partial charge in [0.05, 0.1) is 11.7 Å². The third-order valence-electron chi connectivity index (χ3n) is 2.22. The maximum atomic E-state index is 12.5. The van der Waals surface area contributed by atoms with E-state index in [1.54, 1.807) is 0 Å². The van der Waals surface area contributed by atoms with Gasteiger partial charge in [-0.15, -0.1) is 0 Å². The van der Waals surface area contributed by atoms with Gasteiger partial charge < -0.3 is 5.11 Å². The molecule has 1 N–H and O–H groups in total. The van der Waals surface area contributed by atoms with Crippen LogP contribution in [0.15, 0.2) is 24.3 Å². The molecule has 0 saturated heterocycles. The van der Waals surface area contributed by atoms with E-state index in [0.717, 1.165) is 24.3 Å². The number of hydrogen-bond acceptors (Lipinski definition) is 2. The Morgan fingerprint density at radius 2 is 2.06 bits per heavy atom. The molecule has 0 radical (unpaired) electrons. The fraction of sp³-hybridized carbons (Fsp3) is 0.500. The Morgan fingerprint density at radius 1 is 1.35 bits per heavy atom. The van der Waals surface area contributed by atoms with E-state index in [0.29, 0.717) is 11.3 Å². The summed E-state index contributed by atoms with van der Waals surface area (Å²) in [6.07, 6.45) is -4.21. The summed E-state index contributed by atoms with van der Waals surface area (Å²) in [4.78, 5) is 0. The van der Waals surface area contributed by atoms with Gasteiger partial charge in [-0.1, -0.05) is 19.1 Å². The number of halogens is 3. The predicted octanol–water partition coefficient (Wildman–Crippen LogP) is 3.88. The van der Waals surface area contributed by atoms with Gasteiger partial charge >= 0.3 is 6.18 Å². The Hall–Kier alpha value is -0.680. The molecule has 0 amide bonds. The Kier molecular flexibility index (Phi) is 5.33. The second-order valence-corrected chi connectivity index (χ2v) is 4.86. The molecule has 0 heterocycles. The van der Waals surface area contributed by atoms with E-state index in [9.17, 15) is 18.3 Å². The number of aliphatic hydroxyl groups is 1. The van der Waals surface area contributed by atoms with Crippen molar-refractivity contribution in [2.24, 2.45) is 0 Å². The summed E-state index contributed by atoms with van der Waals surface area (Å²) in [7, 11) is 0. The summed E-state index contributed by atoms with van der Waals surface area (Å²) >= 11 is 1.54. The first-order chi connectivity index (χ1) is 7.95. The van der Waals surface area contributed by atoms with Crippen molar-refractivity contribution in [2.75, 3.05) is 11.5 Å². The third kappa shape index (κ3) is 4.60. The minimum absolute atomic E-state index is 0.323. The zero-order valence-corrected chi connectivity index (χ0v) is 10.3. The first-order valence-corrected chi connectivity index (χ1v) is 6.53. The van der Waals surface area contributed by atoms with Crippen LogP contribution in [0, 0.1) is 0 Å². The van der Waals surface area contributed by atoms with Crippen LogP contribution in [0.25, 0.3) is 0 Å². The van der Waals surface area contributed by atoms with E-state index in [2.05, 4.69) is 0 Å². The molecule has 17 heavy (non-hydrogen) atoms. The average Bonchev–Trinajstić information content (AvgIpc) is 2.28. The summed E-state index contributed by atoms with van der Waals surface area (Å²) in [5.41, 5.74) is -0.391. The van der Waals surface area contributed by atoms with E-state index in [4.69, 9.17) is 0 Å². The molecule has 1 aromatic rings. The van der Waals surface area contributed by atoms with Crippen molar-refractivity contribution in [1.29, 1.82) is 0 Å². The third-order valence-corrected chi connectivity index (χ3v) is 3.47. The first kappa shape index (κ1) is 14.4. The molecule has 96 valence electrons. The van der Waals surface area contributed by atoms with Gasteiger partial charge in [0.15, 0.2) is 0 Å². The summed E-state index contributed by atoms with van der Waals surface area (Å²) in [5, 5.41) is 9.75. The van der Waals surface area contributed by atoms with Crippen LogP contribution in [0.3, 0.4) is 0 Å². The van der Waals surface area contributed by atoms with Crippen molar-refractivity contribution in [3.63, 3.8) is 0 Å². The molecule has 1 aromatic carbocycles. The molecule has 0 aliphatic rings. The minimum atomic E-state index is -4.35. The lowest BCUT2D eigenvalue weighted by atomic mass is 10.1. The quantitative estimate of drug-likeness (QED) is 0.814. The predicted molar refractivity (Wildman–Crippen MR) is 64.0 cm³/mol. The summed E-state index contributed by atoms with van der Waals surface area (Å²) in [6.45, 7) is 2.02. The first-order valence-electron chi connectivity index (χ1n) is 5.38. The van der Waals surface area contributed by atoms with Crippen LogP contribution >= 0.6 is 11.8 Å². The molecule has 0 aliphatic heterocycles. The van der Waals surface area contributed by atoms with Crippen LogP contribution in [0.2, 0.25) is 0 Å². The molecular weight excluding hydrogens is 249 g/mol. The second kappa shape index (κ2) is 6.31. The molecule has 0 spiro atoms. The highest BCUT2D eigenvalue weighted by atomic mass is 32.2. The number of thioether (sulfide) groups is 1. The molecule has 0 fully saturated rings. The van der Waals surface area contributed by atoms with Crippen molar-refractivity contribution in [3.8, 4) is 0 Å². The van der Waals surface area contributed by atoms with Crippen molar-refractivity contribution in [1.82, 2.24) is 0 Å². The van der Waals surface area contributed by atoms with E-state index in [1.807, 2.05) is 6.92 Å². The van der Waals surface area contributed by atoms with Crippen LogP contribution in [0.1, 0.15) is 30.6 Å². The zero-order valence-electron chi connectivity index (χ0n) is 9.50. The van der Waals surface area contributed by atoms with Gasteiger partial charge in [-0.3, -0.25) is 0 Å². The Balaban J connectivity index is 2.71. The van der Waals surface area contributed by atoms with Gasteiger partial charge in [0, 0.05) is 5.75 Å². The molecule has 0 aromatic heterocycles. The van der Waals surface area contributed by atoms with Gasteiger partial charge in [0.1, 0.15) is 0 Å². The maximum absolute atomic E-state index is 12.5. The minimum Gasteiger partial charge on any atom is -0.388 e. The molecule has 0 aliphatic carbocycles. The van der Waals surface area contributed by atoms with Gasteiger partial charge in [-0.05, 0) is 29.9 Å². The van der Waals surface area contributed by atoms with Crippen LogP contribution in [0.4, 0.5) is 13.2 Å². The van der Waals surface area contributed by atoms with Crippen molar-refractivity contribution >= 4 is 11.8 Å². The van der Waals surface area contributed by atoms with Gasteiger partial charge in [-0.2, -0.15) is 24.9 Å². The molecular formula is C12H15F3OS. The van der Waals surface area contributed by atoms with E-state index in [-0.39, 0.29) is 0 Å². The topological polar surface area (TPSA) is 20.2 Å². The molecule has 0 saturated carbocycles. The van der Waals surface area contributed by atoms with Crippen molar-refractivity contribution in [2.45, 2.75) is 25.6 Å². The van der Waals surface area contributed by atoms with Crippen LogP contribution in [0.5, 0.6) is 0 Å². The monoisotopic (exact) mass is 264 g/mol. The van der Waals surface area contributed by atoms with Gasteiger partial charge in [0.25, 0.3) is 0 Å². The lowest BCUT2D eigenvalue weighted by molar-refractivity contribution is -0.137. The Bertz CT molecular complexity index is 352. The van der Waals surface area contributed by atoms with Gasteiger partial charge in [-0.25, -0.2) is 0 Å². The van der Waals surface area contributed by atoms with Crippen molar-refractivity contribution in [3.05, 3.63) is 35.4 Å². The molecule has 1 rings (SSSR count). The Morgan fingerprint density at radius 3 is 2.65 bits per heavy atom.